The number of rotatable bonds is 5. The van der Waals surface area contributed by atoms with Crippen LogP contribution in [0, 0.1) is 0 Å². The van der Waals surface area contributed by atoms with E-state index < -0.39 is 11.0 Å². The molecule has 0 radical (unpaired) electrons. The summed E-state index contributed by atoms with van der Waals surface area (Å²) < 4.78 is 14.3. The zero-order valence-electron chi connectivity index (χ0n) is 8.54. The van der Waals surface area contributed by atoms with Crippen LogP contribution in [0.25, 0.3) is 0 Å². The first-order valence-electron chi connectivity index (χ1n) is 4.69. The summed E-state index contributed by atoms with van der Waals surface area (Å²) in [6.07, 6.45) is 0.925. The fraction of sp³-hybridized carbons (Fsp3) is 0.400. The molecule has 0 bridgehead atoms. The second kappa shape index (κ2) is 5.65. The van der Waals surface area contributed by atoms with Crippen molar-refractivity contribution in [2.45, 2.75) is 13.3 Å². The van der Waals surface area contributed by atoms with Gasteiger partial charge >= 0.3 is 0 Å². The highest BCUT2D eigenvalue weighted by molar-refractivity contribution is 7.86. The van der Waals surface area contributed by atoms with Crippen LogP contribution in [0.15, 0.2) is 24.3 Å². The lowest BCUT2D eigenvalue weighted by Crippen LogP contribution is -2.07. The van der Waals surface area contributed by atoms with Gasteiger partial charge in [-0.3, -0.25) is 0 Å². The summed E-state index contributed by atoms with van der Waals surface area (Å²) in [4.78, 5) is 0. The van der Waals surface area contributed by atoms with Gasteiger partial charge < -0.3 is 10.0 Å². The van der Waals surface area contributed by atoms with Crippen LogP contribution in [0.5, 0.6) is 0 Å². The molecule has 0 spiro atoms. The van der Waals surface area contributed by atoms with Crippen molar-refractivity contribution < 1.29 is 4.21 Å². The van der Waals surface area contributed by atoms with Gasteiger partial charge in [0.05, 0.1) is 0 Å². The molecule has 78 valence electrons. The molecule has 1 unspecified atom stereocenters. The fourth-order valence-corrected chi connectivity index (χ4v) is 1.94. The van der Waals surface area contributed by atoms with Gasteiger partial charge in [-0.05, 0) is 30.7 Å². The van der Waals surface area contributed by atoms with Gasteiger partial charge in [0.1, 0.15) is 11.0 Å². The molecular weight excluding hydrogens is 196 g/mol. The Hall–Kier alpha value is -1.03. The van der Waals surface area contributed by atoms with E-state index in [0.717, 1.165) is 17.8 Å². The first kappa shape index (κ1) is 11.0. The van der Waals surface area contributed by atoms with Crippen molar-refractivity contribution >= 4 is 22.4 Å². The summed E-state index contributed by atoms with van der Waals surface area (Å²) in [6.45, 7) is 2.02. The Labute approximate surface area is 87.5 Å². The van der Waals surface area contributed by atoms with Crippen LogP contribution in [-0.4, -0.2) is 17.0 Å². The Kier molecular flexibility index (Phi) is 4.46. The molecule has 3 nitrogen and oxygen atoms in total. The van der Waals surface area contributed by atoms with E-state index in [0.29, 0.717) is 5.75 Å². The Morgan fingerprint density at radius 2 is 1.79 bits per heavy atom. The normalized spacial score (nSPS) is 12.1. The Morgan fingerprint density at radius 1 is 1.21 bits per heavy atom. The highest BCUT2D eigenvalue weighted by atomic mass is 32.2. The molecule has 0 fully saturated rings. The molecule has 1 aromatic rings. The maximum Gasteiger partial charge on any atom is 0.117 e. The number of hydrogen-bond acceptors (Lipinski definition) is 2. The molecule has 0 aromatic heterocycles. The SMILES string of the molecule is CCCS(=O)Nc1ccc(NC)cc1. The van der Waals surface area contributed by atoms with Crippen LogP contribution in [0.1, 0.15) is 13.3 Å². The topological polar surface area (TPSA) is 41.1 Å². The lowest BCUT2D eigenvalue weighted by Gasteiger charge is -2.05. The molecule has 1 rings (SSSR count). The van der Waals surface area contributed by atoms with Crippen molar-refractivity contribution in [1.29, 1.82) is 0 Å². The van der Waals surface area contributed by atoms with Crippen LogP contribution >= 0.6 is 0 Å². The van der Waals surface area contributed by atoms with Crippen molar-refractivity contribution in [3.05, 3.63) is 24.3 Å². The van der Waals surface area contributed by atoms with Crippen LogP contribution in [-0.2, 0) is 11.0 Å². The van der Waals surface area contributed by atoms with Gasteiger partial charge in [0, 0.05) is 24.2 Å². The fourth-order valence-electron chi connectivity index (χ4n) is 1.07. The summed E-state index contributed by atoms with van der Waals surface area (Å²) in [5.41, 5.74) is 1.95. The minimum Gasteiger partial charge on any atom is -0.388 e. The molecular formula is C10H16N2OS. The zero-order valence-corrected chi connectivity index (χ0v) is 9.36. The van der Waals surface area contributed by atoms with Crippen molar-refractivity contribution in [1.82, 2.24) is 0 Å². The standard InChI is InChI=1S/C10H16N2OS/c1-3-8-14(13)12-10-6-4-9(11-2)5-7-10/h4-7,11-12H,3,8H2,1-2H3. The number of nitrogens with one attached hydrogen (secondary N) is 2. The van der Waals surface area contributed by atoms with E-state index in [9.17, 15) is 4.21 Å². The smallest absolute Gasteiger partial charge is 0.117 e. The lowest BCUT2D eigenvalue weighted by molar-refractivity contribution is 0.685. The second-order valence-corrected chi connectivity index (χ2v) is 4.28. The first-order valence-corrected chi connectivity index (χ1v) is 6.01. The van der Waals surface area contributed by atoms with Gasteiger partial charge in [-0.15, -0.1) is 0 Å². The molecule has 0 aliphatic rings. The van der Waals surface area contributed by atoms with E-state index >= 15 is 0 Å². The quantitative estimate of drug-likeness (QED) is 0.785. The molecule has 1 atom stereocenters. The lowest BCUT2D eigenvalue weighted by atomic mass is 10.3. The van der Waals surface area contributed by atoms with Crippen molar-refractivity contribution in [2.75, 3.05) is 22.8 Å². The highest BCUT2D eigenvalue weighted by Crippen LogP contribution is 2.13. The summed E-state index contributed by atoms with van der Waals surface area (Å²) in [5.74, 6) is 0.688. The average Bonchev–Trinajstić information content (AvgIpc) is 2.19. The van der Waals surface area contributed by atoms with Crippen LogP contribution in [0.4, 0.5) is 11.4 Å². The molecule has 0 saturated carbocycles. The van der Waals surface area contributed by atoms with Gasteiger partial charge in [0.15, 0.2) is 0 Å². The van der Waals surface area contributed by atoms with E-state index in [1.54, 1.807) is 0 Å². The van der Waals surface area contributed by atoms with Crippen LogP contribution < -0.4 is 10.0 Å². The van der Waals surface area contributed by atoms with Crippen molar-refractivity contribution in [3.8, 4) is 0 Å². The predicted octanol–water partition coefficient (Wildman–Crippen LogP) is 2.21. The minimum atomic E-state index is -0.950. The summed E-state index contributed by atoms with van der Waals surface area (Å²) in [7, 11) is 0.923. The van der Waals surface area contributed by atoms with Gasteiger partial charge in [-0.2, -0.15) is 0 Å². The highest BCUT2D eigenvalue weighted by Gasteiger charge is 1.97. The summed E-state index contributed by atoms with van der Waals surface area (Å²) in [5, 5.41) is 3.03. The van der Waals surface area contributed by atoms with Crippen LogP contribution in [0.2, 0.25) is 0 Å². The summed E-state index contributed by atoms with van der Waals surface area (Å²) in [6, 6.07) is 7.73. The van der Waals surface area contributed by atoms with E-state index in [1.807, 2.05) is 38.2 Å². The third-order valence-corrected chi connectivity index (χ3v) is 3.04. The van der Waals surface area contributed by atoms with Gasteiger partial charge in [-0.1, -0.05) is 6.92 Å². The predicted molar refractivity (Wildman–Crippen MR) is 62.9 cm³/mol. The third kappa shape index (κ3) is 3.38. The maximum absolute atomic E-state index is 11.4. The third-order valence-electron chi connectivity index (χ3n) is 1.79. The van der Waals surface area contributed by atoms with E-state index in [1.165, 1.54) is 0 Å². The van der Waals surface area contributed by atoms with E-state index in [4.69, 9.17) is 0 Å². The summed E-state index contributed by atoms with van der Waals surface area (Å²) >= 11 is 0. The molecule has 0 amide bonds. The first-order chi connectivity index (χ1) is 6.76. The molecule has 0 heterocycles. The number of benzene rings is 1. The monoisotopic (exact) mass is 212 g/mol. The second-order valence-electron chi connectivity index (χ2n) is 2.98. The van der Waals surface area contributed by atoms with E-state index in [2.05, 4.69) is 10.0 Å². The zero-order chi connectivity index (χ0) is 10.4. The number of hydrogen-bond donors (Lipinski definition) is 2. The average molecular weight is 212 g/mol. The molecule has 14 heavy (non-hydrogen) atoms. The van der Waals surface area contributed by atoms with Crippen LogP contribution in [0.3, 0.4) is 0 Å². The molecule has 0 aliphatic heterocycles. The molecule has 0 saturated heterocycles. The van der Waals surface area contributed by atoms with Gasteiger partial charge in [-0.25, -0.2) is 4.21 Å². The van der Waals surface area contributed by atoms with E-state index in [-0.39, 0.29) is 0 Å². The van der Waals surface area contributed by atoms with Crippen molar-refractivity contribution in [3.63, 3.8) is 0 Å². The Bertz CT molecular complexity index is 297. The Morgan fingerprint density at radius 3 is 2.29 bits per heavy atom. The molecule has 4 heteroatoms. The van der Waals surface area contributed by atoms with Gasteiger partial charge in [0.25, 0.3) is 0 Å². The van der Waals surface area contributed by atoms with Crippen molar-refractivity contribution in [2.24, 2.45) is 0 Å². The van der Waals surface area contributed by atoms with Gasteiger partial charge in [0.2, 0.25) is 0 Å². The number of anilines is 2. The molecule has 1 aromatic carbocycles. The Balaban J connectivity index is 2.55. The minimum absolute atomic E-state index is 0.688. The molecule has 2 N–H and O–H groups in total. The largest absolute Gasteiger partial charge is 0.388 e. The maximum atomic E-state index is 11.4. The molecule has 0 aliphatic carbocycles.